The van der Waals surface area contributed by atoms with Crippen LogP contribution in [-0.2, 0) is 6.54 Å². The third-order valence-corrected chi connectivity index (χ3v) is 3.04. The lowest BCUT2D eigenvalue weighted by molar-refractivity contribution is -0.385. The maximum atomic E-state index is 10.9. The molecule has 0 spiro atoms. The normalized spacial score (nSPS) is 10.2. The molecule has 0 radical (unpaired) electrons. The van der Waals surface area contributed by atoms with Crippen molar-refractivity contribution < 1.29 is 9.66 Å². The van der Waals surface area contributed by atoms with E-state index >= 15 is 0 Å². The summed E-state index contributed by atoms with van der Waals surface area (Å²) in [5.74, 6) is 0.289. The Bertz CT molecular complexity index is 641. The molecule has 5 heteroatoms. The van der Waals surface area contributed by atoms with Crippen LogP contribution in [0, 0.1) is 17.0 Å². The monoisotopic (exact) mass is 286 g/mol. The number of aryl methyl sites for hydroxylation is 1. The molecule has 21 heavy (non-hydrogen) atoms. The van der Waals surface area contributed by atoms with Gasteiger partial charge in [-0.3, -0.25) is 10.1 Å². The first kappa shape index (κ1) is 14.8. The molecule has 2 rings (SSSR count). The highest BCUT2D eigenvalue weighted by Crippen LogP contribution is 2.30. The predicted octanol–water partition coefficient (Wildman–Crippen LogP) is 3.91. The number of nitro benzene ring substituents is 1. The highest BCUT2D eigenvalue weighted by Gasteiger charge is 2.15. The molecule has 0 unspecified atom stereocenters. The van der Waals surface area contributed by atoms with Crippen LogP contribution in [0.5, 0.6) is 5.75 Å². The molecule has 0 heterocycles. The minimum absolute atomic E-state index is 0.0158. The fraction of sp³-hybridized carbons (Fsp3) is 0.250. The molecule has 0 fully saturated rings. The van der Waals surface area contributed by atoms with E-state index in [1.807, 2.05) is 25.1 Å². The molecule has 0 saturated heterocycles. The number of hydrogen-bond donors (Lipinski definition) is 1. The van der Waals surface area contributed by atoms with Crippen molar-refractivity contribution in [2.45, 2.75) is 20.4 Å². The van der Waals surface area contributed by atoms with Crippen LogP contribution < -0.4 is 10.1 Å². The Balaban J connectivity index is 2.13. The Morgan fingerprint density at radius 3 is 2.71 bits per heavy atom. The van der Waals surface area contributed by atoms with Gasteiger partial charge in [0, 0.05) is 24.4 Å². The SMILES string of the molecule is CCOc1cc(NCc2cccc(C)c2)ccc1[N+](=O)[O-]. The number of nitrogens with zero attached hydrogens (tertiary/aromatic N) is 1. The van der Waals surface area contributed by atoms with Gasteiger partial charge in [-0.05, 0) is 25.5 Å². The van der Waals surface area contributed by atoms with Crippen LogP contribution in [0.2, 0.25) is 0 Å². The summed E-state index contributed by atoms with van der Waals surface area (Å²) < 4.78 is 5.33. The fourth-order valence-electron chi connectivity index (χ4n) is 2.07. The van der Waals surface area contributed by atoms with Gasteiger partial charge in [-0.2, -0.15) is 0 Å². The summed E-state index contributed by atoms with van der Waals surface area (Å²) in [5, 5.41) is 14.2. The van der Waals surface area contributed by atoms with Gasteiger partial charge in [0.15, 0.2) is 5.75 Å². The van der Waals surface area contributed by atoms with Crippen molar-refractivity contribution in [3.8, 4) is 5.75 Å². The van der Waals surface area contributed by atoms with Crippen LogP contribution in [0.3, 0.4) is 0 Å². The molecule has 0 bridgehead atoms. The summed E-state index contributed by atoms with van der Waals surface area (Å²) >= 11 is 0. The maximum absolute atomic E-state index is 10.9. The van der Waals surface area contributed by atoms with Crippen LogP contribution >= 0.6 is 0 Å². The molecular weight excluding hydrogens is 268 g/mol. The molecule has 0 atom stereocenters. The van der Waals surface area contributed by atoms with Gasteiger partial charge in [-0.25, -0.2) is 0 Å². The van der Waals surface area contributed by atoms with Gasteiger partial charge in [-0.1, -0.05) is 29.8 Å². The van der Waals surface area contributed by atoms with E-state index in [1.54, 1.807) is 19.1 Å². The smallest absolute Gasteiger partial charge is 0.311 e. The van der Waals surface area contributed by atoms with Crippen molar-refractivity contribution in [3.63, 3.8) is 0 Å². The summed E-state index contributed by atoms with van der Waals surface area (Å²) in [6.45, 7) is 4.90. The molecule has 0 aliphatic heterocycles. The third kappa shape index (κ3) is 3.95. The first-order chi connectivity index (χ1) is 10.1. The summed E-state index contributed by atoms with van der Waals surface area (Å²) in [4.78, 5) is 10.5. The Labute approximate surface area is 123 Å². The summed E-state index contributed by atoms with van der Waals surface area (Å²) in [6.07, 6.45) is 0. The van der Waals surface area contributed by atoms with E-state index in [-0.39, 0.29) is 11.4 Å². The zero-order chi connectivity index (χ0) is 15.2. The minimum Gasteiger partial charge on any atom is -0.487 e. The number of hydrogen-bond acceptors (Lipinski definition) is 4. The van der Waals surface area contributed by atoms with Crippen molar-refractivity contribution in [1.82, 2.24) is 0 Å². The first-order valence-corrected chi connectivity index (χ1v) is 6.81. The van der Waals surface area contributed by atoms with Crippen LogP contribution in [0.15, 0.2) is 42.5 Å². The van der Waals surface area contributed by atoms with Crippen molar-refractivity contribution >= 4 is 11.4 Å². The molecular formula is C16H18N2O3. The number of ether oxygens (including phenoxy) is 1. The largest absolute Gasteiger partial charge is 0.487 e. The van der Waals surface area contributed by atoms with Gasteiger partial charge in [0.1, 0.15) is 0 Å². The van der Waals surface area contributed by atoms with Gasteiger partial charge in [0.2, 0.25) is 0 Å². The van der Waals surface area contributed by atoms with Crippen molar-refractivity contribution in [2.75, 3.05) is 11.9 Å². The lowest BCUT2D eigenvalue weighted by Gasteiger charge is -2.10. The second-order valence-electron chi connectivity index (χ2n) is 4.72. The van der Waals surface area contributed by atoms with E-state index in [0.29, 0.717) is 13.2 Å². The van der Waals surface area contributed by atoms with E-state index in [0.717, 1.165) is 11.3 Å². The number of nitrogens with one attached hydrogen (secondary N) is 1. The quantitative estimate of drug-likeness (QED) is 0.646. The average Bonchev–Trinajstić information content (AvgIpc) is 2.45. The molecule has 0 aliphatic rings. The zero-order valence-corrected chi connectivity index (χ0v) is 12.1. The van der Waals surface area contributed by atoms with Crippen LogP contribution in [0.4, 0.5) is 11.4 Å². The van der Waals surface area contributed by atoms with Crippen molar-refractivity contribution in [3.05, 3.63) is 63.7 Å². The molecule has 5 nitrogen and oxygen atoms in total. The van der Waals surface area contributed by atoms with Gasteiger partial charge < -0.3 is 10.1 Å². The van der Waals surface area contributed by atoms with Crippen LogP contribution in [0.25, 0.3) is 0 Å². The van der Waals surface area contributed by atoms with E-state index in [2.05, 4.69) is 11.4 Å². The molecule has 0 amide bonds. The van der Waals surface area contributed by atoms with Gasteiger partial charge in [0.05, 0.1) is 11.5 Å². The number of rotatable bonds is 6. The molecule has 0 saturated carbocycles. The van der Waals surface area contributed by atoms with Gasteiger partial charge in [0.25, 0.3) is 0 Å². The minimum atomic E-state index is -0.435. The lowest BCUT2D eigenvalue weighted by Crippen LogP contribution is -2.02. The third-order valence-electron chi connectivity index (χ3n) is 3.04. The maximum Gasteiger partial charge on any atom is 0.311 e. The van der Waals surface area contributed by atoms with Gasteiger partial charge >= 0.3 is 5.69 Å². The molecule has 110 valence electrons. The van der Waals surface area contributed by atoms with Gasteiger partial charge in [-0.15, -0.1) is 0 Å². The highest BCUT2D eigenvalue weighted by atomic mass is 16.6. The predicted molar refractivity (Wildman–Crippen MR) is 82.8 cm³/mol. The van der Waals surface area contributed by atoms with Crippen molar-refractivity contribution in [1.29, 1.82) is 0 Å². The standard InChI is InChI=1S/C16H18N2O3/c1-3-21-16-10-14(7-8-15(16)18(19)20)17-11-13-6-4-5-12(2)9-13/h4-10,17H,3,11H2,1-2H3. The molecule has 1 N–H and O–H groups in total. The Morgan fingerprint density at radius 2 is 2.05 bits per heavy atom. The summed E-state index contributed by atoms with van der Waals surface area (Å²) in [5.41, 5.74) is 3.14. The second-order valence-corrected chi connectivity index (χ2v) is 4.72. The molecule has 2 aromatic rings. The van der Waals surface area contributed by atoms with E-state index in [1.165, 1.54) is 11.6 Å². The van der Waals surface area contributed by atoms with E-state index in [9.17, 15) is 10.1 Å². The highest BCUT2D eigenvalue weighted by molar-refractivity contribution is 5.58. The van der Waals surface area contributed by atoms with Crippen LogP contribution in [-0.4, -0.2) is 11.5 Å². The second kappa shape index (κ2) is 6.74. The average molecular weight is 286 g/mol. The summed E-state index contributed by atoms with van der Waals surface area (Å²) in [7, 11) is 0. The molecule has 0 aliphatic carbocycles. The van der Waals surface area contributed by atoms with E-state index < -0.39 is 4.92 Å². The number of anilines is 1. The van der Waals surface area contributed by atoms with Crippen molar-refractivity contribution in [2.24, 2.45) is 0 Å². The fourth-order valence-corrected chi connectivity index (χ4v) is 2.07. The lowest BCUT2D eigenvalue weighted by atomic mass is 10.1. The Hall–Kier alpha value is -2.56. The zero-order valence-electron chi connectivity index (χ0n) is 12.1. The van der Waals surface area contributed by atoms with E-state index in [4.69, 9.17) is 4.74 Å². The topological polar surface area (TPSA) is 64.4 Å². The van der Waals surface area contributed by atoms with Crippen LogP contribution in [0.1, 0.15) is 18.1 Å². The first-order valence-electron chi connectivity index (χ1n) is 6.81. The Morgan fingerprint density at radius 1 is 1.24 bits per heavy atom. The number of nitro groups is 1. The molecule has 2 aromatic carbocycles. The molecule has 0 aromatic heterocycles. The summed E-state index contributed by atoms with van der Waals surface area (Å²) in [6, 6.07) is 13.0. The number of benzene rings is 2. The Kier molecular flexibility index (Phi) is 4.77.